The molecule has 0 aliphatic rings. The lowest BCUT2D eigenvalue weighted by Crippen LogP contribution is -2.46. The second-order valence-corrected chi connectivity index (χ2v) is 5.55. The Hall–Kier alpha value is -0.240. The van der Waals surface area contributed by atoms with Gasteiger partial charge in [-0.05, 0) is 48.7 Å². The molecule has 6 N–H and O–H groups in total. The van der Waals surface area contributed by atoms with Crippen molar-refractivity contribution in [3.05, 3.63) is 0 Å². The Morgan fingerprint density at radius 2 is 1.00 bits per heavy atom. The van der Waals surface area contributed by atoms with Gasteiger partial charge in [0.05, 0.1) is 0 Å². The molecule has 0 aromatic carbocycles. The largest absolute Gasteiger partial charge is 0.319 e. The molecule has 0 atom stereocenters. The molecule has 0 spiro atoms. The Morgan fingerprint density at radius 1 is 0.652 bits per heavy atom. The molecule has 0 amide bonds. The molecule has 0 unspecified atom stereocenters. The summed E-state index contributed by atoms with van der Waals surface area (Å²) in [5, 5.41) is 19.1. The van der Waals surface area contributed by atoms with Gasteiger partial charge in [0.15, 0.2) is 0 Å². The van der Waals surface area contributed by atoms with E-state index in [4.69, 9.17) is 0 Å². The van der Waals surface area contributed by atoms with Crippen molar-refractivity contribution in [2.75, 3.05) is 75.0 Å². The summed E-state index contributed by atoms with van der Waals surface area (Å²) in [6.45, 7) is 7.45. The Bertz CT molecular complexity index is 179. The van der Waals surface area contributed by atoms with E-state index in [1.807, 2.05) is 42.3 Å². The number of hydrogen-bond donors (Lipinski definition) is 6. The molecule has 0 rings (SSSR count). The van der Waals surface area contributed by atoms with Crippen LogP contribution in [0.1, 0.15) is 28.2 Å². The van der Waals surface area contributed by atoms with Crippen LogP contribution < -0.4 is 31.9 Å². The summed E-state index contributed by atoms with van der Waals surface area (Å²) in [6, 6.07) is 0.542. The third-order valence-electron chi connectivity index (χ3n) is 3.71. The van der Waals surface area contributed by atoms with E-state index in [1.54, 1.807) is 0 Å². The molecular weight excluding hydrogens is 288 g/mol. The SMILES string of the molecule is C.C.CCC(CNC)(CNC)CNC.CNCC(CNC)NC. The fourth-order valence-electron chi connectivity index (χ4n) is 2.46. The van der Waals surface area contributed by atoms with Crippen LogP contribution in [0.2, 0.25) is 0 Å². The molecule has 0 aliphatic heterocycles. The van der Waals surface area contributed by atoms with Crippen molar-refractivity contribution in [2.45, 2.75) is 34.2 Å². The average molecular weight is 337 g/mol. The fourth-order valence-corrected chi connectivity index (χ4v) is 2.46. The molecule has 0 bridgehead atoms. The highest BCUT2D eigenvalue weighted by atomic mass is 15.0. The predicted molar refractivity (Wildman–Crippen MR) is 109 cm³/mol. The highest BCUT2D eigenvalue weighted by Crippen LogP contribution is 2.18. The van der Waals surface area contributed by atoms with Crippen LogP contribution in [0, 0.1) is 5.41 Å². The normalized spacial score (nSPS) is 10.4. The first-order chi connectivity index (χ1) is 10.1. The minimum absolute atomic E-state index is 0. The number of rotatable bonds is 12. The van der Waals surface area contributed by atoms with Crippen molar-refractivity contribution in [1.82, 2.24) is 31.9 Å². The maximum Gasteiger partial charge on any atom is 0.0314 e. The zero-order valence-electron chi connectivity index (χ0n) is 15.3. The number of hydrogen-bond acceptors (Lipinski definition) is 6. The lowest BCUT2D eigenvalue weighted by Gasteiger charge is -2.32. The van der Waals surface area contributed by atoms with Gasteiger partial charge in [-0.1, -0.05) is 21.8 Å². The van der Waals surface area contributed by atoms with Crippen molar-refractivity contribution in [2.24, 2.45) is 5.41 Å². The van der Waals surface area contributed by atoms with Crippen LogP contribution in [-0.4, -0.2) is 81.1 Å². The van der Waals surface area contributed by atoms with Crippen molar-refractivity contribution >= 4 is 0 Å². The standard InChI is InChI=1S/C9H23N3.C6H17N3.2CH4/c1-5-9(6-10-2,7-11-3)8-12-4;1-7-4-6(9-3)5-8-2;;/h10-12H,5-8H2,1-4H3;6-9H,4-5H2,1-3H3;2*1H4. The van der Waals surface area contributed by atoms with Crippen LogP contribution in [0.3, 0.4) is 0 Å². The molecule has 0 saturated carbocycles. The molecule has 0 saturated heterocycles. The van der Waals surface area contributed by atoms with Gasteiger partial charge in [0.1, 0.15) is 0 Å². The van der Waals surface area contributed by atoms with Crippen LogP contribution in [0.5, 0.6) is 0 Å². The van der Waals surface area contributed by atoms with E-state index >= 15 is 0 Å². The second-order valence-electron chi connectivity index (χ2n) is 5.55. The van der Waals surface area contributed by atoms with Gasteiger partial charge in [-0.2, -0.15) is 0 Å². The number of likely N-dealkylation sites (N-methyl/N-ethyl adjacent to an activating group) is 3. The Morgan fingerprint density at radius 3 is 1.17 bits per heavy atom. The lowest BCUT2D eigenvalue weighted by atomic mass is 9.85. The van der Waals surface area contributed by atoms with Crippen LogP contribution >= 0.6 is 0 Å². The van der Waals surface area contributed by atoms with Crippen molar-refractivity contribution in [3.63, 3.8) is 0 Å². The van der Waals surface area contributed by atoms with Crippen LogP contribution in [0.25, 0.3) is 0 Å². The summed E-state index contributed by atoms with van der Waals surface area (Å²) in [7, 11) is 11.9. The summed E-state index contributed by atoms with van der Waals surface area (Å²) < 4.78 is 0. The van der Waals surface area contributed by atoms with E-state index in [0.29, 0.717) is 11.5 Å². The minimum Gasteiger partial charge on any atom is -0.319 e. The van der Waals surface area contributed by atoms with Gasteiger partial charge in [-0.3, -0.25) is 0 Å². The van der Waals surface area contributed by atoms with Gasteiger partial charge in [0, 0.05) is 44.2 Å². The van der Waals surface area contributed by atoms with Gasteiger partial charge >= 0.3 is 0 Å². The van der Waals surface area contributed by atoms with Gasteiger partial charge < -0.3 is 31.9 Å². The van der Waals surface area contributed by atoms with Gasteiger partial charge in [0.25, 0.3) is 0 Å². The lowest BCUT2D eigenvalue weighted by molar-refractivity contribution is 0.253. The van der Waals surface area contributed by atoms with Crippen molar-refractivity contribution < 1.29 is 0 Å². The van der Waals surface area contributed by atoms with Crippen molar-refractivity contribution in [1.29, 1.82) is 0 Å². The van der Waals surface area contributed by atoms with Gasteiger partial charge in [0.2, 0.25) is 0 Å². The third-order valence-corrected chi connectivity index (χ3v) is 3.71. The van der Waals surface area contributed by atoms with Gasteiger partial charge in [-0.25, -0.2) is 0 Å². The quantitative estimate of drug-likeness (QED) is 0.309. The van der Waals surface area contributed by atoms with E-state index in [0.717, 1.165) is 32.7 Å². The molecule has 0 fully saturated rings. The van der Waals surface area contributed by atoms with E-state index in [-0.39, 0.29) is 14.9 Å². The summed E-state index contributed by atoms with van der Waals surface area (Å²) in [5.41, 5.74) is 0.359. The maximum absolute atomic E-state index is 3.25. The summed E-state index contributed by atoms with van der Waals surface area (Å²) in [5.74, 6) is 0. The zero-order chi connectivity index (χ0) is 16.6. The molecule has 0 aromatic rings. The first-order valence-electron chi connectivity index (χ1n) is 7.99. The molecule has 0 heterocycles. The average Bonchev–Trinajstić information content (AvgIpc) is 2.48. The first kappa shape index (κ1) is 30.6. The Balaban J connectivity index is -0.000000149. The fraction of sp³-hybridized carbons (Fsp3) is 1.00. The van der Waals surface area contributed by atoms with Crippen LogP contribution in [-0.2, 0) is 0 Å². The third kappa shape index (κ3) is 16.4. The topological polar surface area (TPSA) is 72.2 Å². The van der Waals surface area contributed by atoms with Gasteiger partial charge in [-0.15, -0.1) is 0 Å². The smallest absolute Gasteiger partial charge is 0.0314 e. The molecule has 6 heteroatoms. The summed E-state index contributed by atoms with van der Waals surface area (Å²) >= 11 is 0. The Labute approximate surface area is 147 Å². The molecular formula is C17H48N6. The molecule has 0 aromatic heterocycles. The van der Waals surface area contributed by atoms with Crippen LogP contribution in [0.4, 0.5) is 0 Å². The zero-order valence-corrected chi connectivity index (χ0v) is 15.3. The second kappa shape index (κ2) is 21.8. The molecule has 6 nitrogen and oxygen atoms in total. The monoisotopic (exact) mass is 336 g/mol. The summed E-state index contributed by atoms with van der Waals surface area (Å²) in [4.78, 5) is 0. The highest BCUT2D eigenvalue weighted by Gasteiger charge is 2.25. The van der Waals surface area contributed by atoms with E-state index < -0.39 is 0 Å². The minimum atomic E-state index is 0. The maximum atomic E-state index is 3.25. The van der Waals surface area contributed by atoms with Crippen molar-refractivity contribution in [3.8, 4) is 0 Å². The Kier molecular flexibility index (Phi) is 29.0. The summed E-state index contributed by atoms with van der Waals surface area (Å²) in [6.07, 6.45) is 1.19. The molecule has 0 aliphatic carbocycles. The molecule has 146 valence electrons. The molecule has 23 heavy (non-hydrogen) atoms. The van der Waals surface area contributed by atoms with E-state index in [9.17, 15) is 0 Å². The highest BCUT2D eigenvalue weighted by molar-refractivity contribution is 4.83. The number of nitrogens with one attached hydrogen (secondary N) is 6. The van der Waals surface area contributed by atoms with Crippen LogP contribution in [0.15, 0.2) is 0 Å². The molecule has 0 radical (unpaired) electrons. The predicted octanol–water partition coefficient (Wildman–Crippen LogP) is 0.326. The first-order valence-corrected chi connectivity index (χ1v) is 7.99. The van der Waals surface area contributed by atoms with E-state index in [1.165, 1.54) is 6.42 Å². The van der Waals surface area contributed by atoms with E-state index in [2.05, 4.69) is 38.8 Å².